The van der Waals surface area contributed by atoms with E-state index in [0.717, 1.165) is 37.6 Å². The summed E-state index contributed by atoms with van der Waals surface area (Å²) >= 11 is 0. The zero-order valence-corrected chi connectivity index (χ0v) is 13.3. The molecule has 0 amide bonds. The fourth-order valence-corrected chi connectivity index (χ4v) is 2.58. The molecule has 6 nitrogen and oxygen atoms in total. The highest BCUT2D eigenvalue weighted by Crippen LogP contribution is 2.16. The number of nitrogens with one attached hydrogen (secondary N) is 1. The van der Waals surface area contributed by atoms with Crippen LogP contribution in [0.2, 0.25) is 0 Å². The second kappa shape index (κ2) is 7.67. The first-order valence-electron chi connectivity index (χ1n) is 7.97. The Morgan fingerprint density at radius 1 is 1.48 bits per heavy atom. The van der Waals surface area contributed by atoms with Gasteiger partial charge in [-0.1, -0.05) is 6.07 Å². The first-order chi connectivity index (χ1) is 11.3. The molecular formula is C17H22N4O2. The molecule has 1 unspecified atom stereocenters. The zero-order valence-electron chi connectivity index (χ0n) is 13.3. The molecule has 1 atom stereocenters. The van der Waals surface area contributed by atoms with E-state index in [9.17, 15) is 0 Å². The van der Waals surface area contributed by atoms with E-state index in [1.54, 1.807) is 18.7 Å². The third kappa shape index (κ3) is 4.25. The standard InChI is InChI=1S/C17H22N4O2/c1-2-18-17(20-11-14-7-10-22-13-14)21-9-6-15(12-21)23-16-5-3-4-8-19-16/h3-5,7-8,10,13,15H,2,6,9,11-12H2,1H3,(H,18,20). The minimum Gasteiger partial charge on any atom is -0.472 e. The van der Waals surface area contributed by atoms with Gasteiger partial charge in [0.05, 0.1) is 25.6 Å². The van der Waals surface area contributed by atoms with Gasteiger partial charge in [-0.15, -0.1) is 0 Å². The van der Waals surface area contributed by atoms with E-state index < -0.39 is 0 Å². The number of hydrogen-bond donors (Lipinski definition) is 1. The molecular weight excluding hydrogens is 292 g/mol. The van der Waals surface area contributed by atoms with Gasteiger partial charge in [0.2, 0.25) is 5.88 Å². The summed E-state index contributed by atoms with van der Waals surface area (Å²) in [7, 11) is 0. The van der Waals surface area contributed by atoms with E-state index in [1.807, 2.05) is 24.3 Å². The number of aliphatic imine (C=N–C) groups is 1. The van der Waals surface area contributed by atoms with Crippen molar-refractivity contribution in [3.63, 3.8) is 0 Å². The predicted octanol–water partition coefficient (Wildman–Crippen LogP) is 2.29. The largest absolute Gasteiger partial charge is 0.472 e. The Bertz CT molecular complexity index is 613. The molecule has 2 aromatic heterocycles. The molecule has 3 heterocycles. The lowest BCUT2D eigenvalue weighted by molar-refractivity contribution is 0.205. The molecule has 0 aromatic carbocycles. The molecule has 0 aliphatic carbocycles. The maximum Gasteiger partial charge on any atom is 0.213 e. The molecule has 0 radical (unpaired) electrons. The van der Waals surface area contributed by atoms with Crippen LogP contribution in [-0.2, 0) is 6.54 Å². The van der Waals surface area contributed by atoms with Crippen molar-refractivity contribution in [3.8, 4) is 5.88 Å². The number of nitrogens with zero attached hydrogens (tertiary/aromatic N) is 3. The van der Waals surface area contributed by atoms with Gasteiger partial charge in [0.1, 0.15) is 6.10 Å². The lowest BCUT2D eigenvalue weighted by Crippen LogP contribution is -2.40. The molecule has 3 rings (SSSR count). The maximum absolute atomic E-state index is 5.93. The molecule has 2 aromatic rings. The van der Waals surface area contributed by atoms with Gasteiger partial charge in [-0.3, -0.25) is 0 Å². The van der Waals surface area contributed by atoms with Gasteiger partial charge < -0.3 is 19.4 Å². The van der Waals surface area contributed by atoms with Gasteiger partial charge in [0.25, 0.3) is 0 Å². The van der Waals surface area contributed by atoms with Crippen molar-refractivity contribution in [2.75, 3.05) is 19.6 Å². The van der Waals surface area contributed by atoms with E-state index in [4.69, 9.17) is 9.15 Å². The smallest absolute Gasteiger partial charge is 0.213 e. The van der Waals surface area contributed by atoms with E-state index in [1.165, 1.54) is 0 Å². The number of likely N-dealkylation sites (tertiary alicyclic amines) is 1. The summed E-state index contributed by atoms with van der Waals surface area (Å²) in [5, 5.41) is 3.35. The van der Waals surface area contributed by atoms with Crippen LogP contribution in [0.3, 0.4) is 0 Å². The lowest BCUT2D eigenvalue weighted by atomic mass is 10.3. The highest BCUT2D eigenvalue weighted by atomic mass is 16.5. The third-order valence-electron chi connectivity index (χ3n) is 3.70. The van der Waals surface area contributed by atoms with Crippen LogP contribution >= 0.6 is 0 Å². The number of rotatable bonds is 5. The highest BCUT2D eigenvalue weighted by molar-refractivity contribution is 5.80. The normalized spacial score (nSPS) is 18.2. The topological polar surface area (TPSA) is 62.9 Å². The Balaban J connectivity index is 1.59. The molecule has 1 fully saturated rings. The third-order valence-corrected chi connectivity index (χ3v) is 3.70. The van der Waals surface area contributed by atoms with Crippen LogP contribution in [0.5, 0.6) is 5.88 Å². The fraction of sp³-hybridized carbons (Fsp3) is 0.412. The van der Waals surface area contributed by atoms with E-state index in [-0.39, 0.29) is 6.10 Å². The van der Waals surface area contributed by atoms with Gasteiger partial charge >= 0.3 is 0 Å². The molecule has 1 aliphatic rings. The second-order valence-corrected chi connectivity index (χ2v) is 5.44. The summed E-state index contributed by atoms with van der Waals surface area (Å²) in [5.74, 6) is 1.60. The van der Waals surface area contributed by atoms with E-state index in [0.29, 0.717) is 12.4 Å². The molecule has 1 aliphatic heterocycles. The van der Waals surface area contributed by atoms with E-state index >= 15 is 0 Å². The van der Waals surface area contributed by atoms with Crippen LogP contribution in [0, 0.1) is 0 Å². The van der Waals surface area contributed by atoms with Crippen LogP contribution in [0.4, 0.5) is 0 Å². The predicted molar refractivity (Wildman–Crippen MR) is 88.4 cm³/mol. The van der Waals surface area contributed by atoms with Crippen molar-refractivity contribution in [2.24, 2.45) is 4.99 Å². The molecule has 23 heavy (non-hydrogen) atoms. The molecule has 122 valence electrons. The first kappa shape index (κ1) is 15.4. The summed E-state index contributed by atoms with van der Waals surface area (Å²) in [6, 6.07) is 7.65. The van der Waals surface area contributed by atoms with Gasteiger partial charge in [-0.25, -0.2) is 9.98 Å². The summed E-state index contributed by atoms with van der Waals surface area (Å²) < 4.78 is 11.0. The van der Waals surface area contributed by atoms with Gasteiger partial charge in [-0.2, -0.15) is 0 Å². The average molecular weight is 314 g/mol. The van der Waals surface area contributed by atoms with Gasteiger partial charge in [0, 0.05) is 37.3 Å². The molecule has 6 heteroatoms. The summed E-state index contributed by atoms with van der Waals surface area (Å²) in [6.45, 7) is 5.27. The van der Waals surface area contributed by atoms with Crippen LogP contribution < -0.4 is 10.1 Å². The Morgan fingerprint density at radius 3 is 3.17 bits per heavy atom. The van der Waals surface area contributed by atoms with Crippen molar-refractivity contribution in [1.29, 1.82) is 0 Å². The van der Waals surface area contributed by atoms with Crippen molar-refractivity contribution >= 4 is 5.96 Å². The summed E-state index contributed by atoms with van der Waals surface area (Å²) in [6.07, 6.45) is 6.25. The maximum atomic E-state index is 5.93. The SMILES string of the molecule is CCNC(=NCc1ccoc1)N1CCC(Oc2ccccn2)C1. The highest BCUT2D eigenvalue weighted by Gasteiger charge is 2.26. The average Bonchev–Trinajstić information content (AvgIpc) is 3.24. The Hall–Kier alpha value is -2.50. The Morgan fingerprint density at radius 2 is 2.43 bits per heavy atom. The zero-order chi connectivity index (χ0) is 15.9. The van der Waals surface area contributed by atoms with Crippen molar-refractivity contribution < 1.29 is 9.15 Å². The quantitative estimate of drug-likeness (QED) is 0.678. The molecule has 1 saturated heterocycles. The first-order valence-corrected chi connectivity index (χ1v) is 7.97. The number of hydrogen-bond acceptors (Lipinski definition) is 4. The minimum atomic E-state index is 0.141. The fourth-order valence-electron chi connectivity index (χ4n) is 2.58. The van der Waals surface area contributed by atoms with Crippen molar-refractivity contribution in [3.05, 3.63) is 48.6 Å². The molecule has 0 spiro atoms. The van der Waals surface area contributed by atoms with Crippen LogP contribution in [0.15, 0.2) is 52.4 Å². The number of pyridine rings is 1. The number of guanidine groups is 1. The Labute approximate surface area is 136 Å². The molecule has 0 bridgehead atoms. The number of aromatic nitrogens is 1. The molecule has 0 saturated carbocycles. The van der Waals surface area contributed by atoms with E-state index in [2.05, 4.69) is 27.1 Å². The Kier molecular flexibility index (Phi) is 5.13. The van der Waals surface area contributed by atoms with Gasteiger partial charge in [-0.05, 0) is 19.1 Å². The van der Waals surface area contributed by atoms with Crippen LogP contribution in [0.1, 0.15) is 18.9 Å². The lowest BCUT2D eigenvalue weighted by Gasteiger charge is -2.21. The van der Waals surface area contributed by atoms with Crippen LogP contribution in [0.25, 0.3) is 0 Å². The summed E-state index contributed by atoms with van der Waals surface area (Å²) in [4.78, 5) is 11.1. The monoisotopic (exact) mass is 314 g/mol. The minimum absolute atomic E-state index is 0.141. The second-order valence-electron chi connectivity index (χ2n) is 5.44. The van der Waals surface area contributed by atoms with Crippen molar-refractivity contribution in [1.82, 2.24) is 15.2 Å². The number of ether oxygens (including phenoxy) is 1. The number of furan rings is 1. The van der Waals surface area contributed by atoms with Crippen LogP contribution in [-0.4, -0.2) is 41.6 Å². The van der Waals surface area contributed by atoms with Gasteiger partial charge in [0.15, 0.2) is 5.96 Å². The molecule has 1 N–H and O–H groups in total. The van der Waals surface area contributed by atoms with Crippen molar-refractivity contribution in [2.45, 2.75) is 26.0 Å². The summed E-state index contributed by atoms with van der Waals surface area (Å²) in [5.41, 5.74) is 1.07.